The van der Waals surface area contributed by atoms with Gasteiger partial charge < -0.3 is 14.2 Å². The highest BCUT2D eigenvalue weighted by Crippen LogP contribution is 2.27. The molecule has 27 heavy (non-hydrogen) atoms. The first-order valence-electron chi connectivity index (χ1n) is 9.50. The van der Waals surface area contributed by atoms with Crippen LogP contribution >= 0.6 is 11.8 Å². The Morgan fingerprint density at radius 1 is 1.19 bits per heavy atom. The first-order chi connectivity index (χ1) is 13.0. The average molecular weight is 389 g/mol. The van der Waals surface area contributed by atoms with E-state index in [-0.39, 0.29) is 5.91 Å². The fraction of sp³-hybridized carbons (Fsp3) is 0.550. The van der Waals surface area contributed by atoms with Crippen LogP contribution in [-0.4, -0.2) is 51.5 Å². The van der Waals surface area contributed by atoms with Gasteiger partial charge in [-0.25, -0.2) is 0 Å². The van der Waals surface area contributed by atoms with Crippen molar-refractivity contribution in [2.45, 2.75) is 38.9 Å². The van der Waals surface area contributed by atoms with Crippen molar-refractivity contribution in [1.82, 2.24) is 19.7 Å². The van der Waals surface area contributed by atoms with Crippen LogP contribution in [0.15, 0.2) is 29.4 Å². The molecule has 0 spiro atoms. The van der Waals surface area contributed by atoms with Gasteiger partial charge in [0, 0.05) is 25.2 Å². The van der Waals surface area contributed by atoms with Crippen LogP contribution in [0.1, 0.15) is 27.2 Å². The summed E-state index contributed by atoms with van der Waals surface area (Å²) < 4.78 is 7.27. The van der Waals surface area contributed by atoms with Crippen LogP contribution in [-0.2, 0) is 11.3 Å². The van der Waals surface area contributed by atoms with Crippen LogP contribution in [0.4, 0.5) is 0 Å². The molecule has 146 valence electrons. The minimum Gasteiger partial charge on any atom is -0.497 e. The van der Waals surface area contributed by atoms with E-state index in [1.54, 1.807) is 7.11 Å². The summed E-state index contributed by atoms with van der Waals surface area (Å²) in [7, 11) is 1.65. The molecule has 0 aliphatic carbocycles. The van der Waals surface area contributed by atoms with Crippen molar-refractivity contribution in [3.8, 4) is 17.1 Å². The summed E-state index contributed by atoms with van der Waals surface area (Å²) in [5.41, 5.74) is 0.988. The second-order valence-electron chi connectivity index (χ2n) is 7.31. The molecular formula is C20H28N4O2S. The Kier molecular flexibility index (Phi) is 6.42. The van der Waals surface area contributed by atoms with Gasteiger partial charge in [-0.3, -0.25) is 4.79 Å². The largest absolute Gasteiger partial charge is 0.497 e. The van der Waals surface area contributed by atoms with E-state index < -0.39 is 0 Å². The molecule has 2 aromatic rings. The topological polar surface area (TPSA) is 60.2 Å². The third-order valence-corrected chi connectivity index (χ3v) is 5.88. The van der Waals surface area contributed by atoms with Crippen LogP contribution in [0.2, 0.25) is 0 Å². The average Bonchev–Trinajstić information content (AvgIpc) is 3.08. The number of aromatic nitrogens is 3. The number of amides is 1. The van der Waals surface area contributed by atoms with E-state index in [0.29, 0.717) is 17.6 Å². The molecule has 1 aromatic heterocycles. The Balaban J connectivity index is 1.68. The normalized spacial score (nSPS) is 19.9. The Morgan fingerprint density at radius 2 is 1.85 bits per heavy atom. The summed E-state index contributed by atoms with van der Waals surface area (Å²) in [5.74, 6) is 3.37. The van der Waals surface area contributed by atoms with Gasteiger partial charge in [0.15, 0.2) is 11.0 Å². The molecule has 3 rings (SSSR count). The van der Waals surface area contributed by atoms with Crippen LogP contribution in [0, 0.1) is 11.8 Å². The molecule has 1 fully saturated rings. The highest BCUT2D eigenvalue weighted by molar-refractivity contribution is 7.99. The lowest BCUT2D eigenvalue weighted by molar-refractivity contribution is -0.130. The molecule has 0 unspecified atom stereocenters. The lowest BCUT2D eigenvalue weighted by Gasteiger charge is -2.34. The second-order valence-corrected chi connectivity index (χ2v) is 8.25. The molecule has 2 atom stereocenters. The minimum atomic E-state index is 0.190. The zero-order chi connectivity index (χ0) is 19.4. The lowest BCUT2D eigenvalue weighted by Crippen LogP contribution is -2.43. The number of likely N-dealkylation sites (tertiary alicyclic amines) is 1. The van der Waals surface area contributed by atoms with Gasteiger partial charge in [0.05, 0.1) is 12.9 Å². The molecule has 0 N–H and O–H groups in total. The standard InChI is InChI=1S/C20H28N4O2S/c1-5-24-19(16-6-8-17(26-4)9-7-16)21-22-20(24)27-13-18(25)23-11-14(2)10-15(3)12-23/h6-9,14-15H,5,10-13H2,1-4H3/t14-,15+. The van der Waals surface area contributed by atoms with Gasteiger partial charge in [0.1, 0.15) is 5.75 Å². The number of rotatable bonds is 6. The molecule has 0 bridgehead atoms. The number of methoxy groups -OCH3 is 1. The summed E-state index contributed by atoms with van der Waals surface area (Å²) in [6.45, 7) is 8.98. The number of thioether (sulfide) groups is 1. The molecule has 0 saturated carbocycles. The predicted octanol–water partition coefficient (Wildman–Crippen LogP) is 3.57. The third-order valence-electron chi connectivity index (χ3n) is 4.93. The van der Waals surface area contributed by atoms with Gasteiger partial charge in [-0.05, 0) is 49.4 Å². The van der Waals surface area contributed by atoms with Crippen molar-refractivity contribution in [1.29, 1.82) is 0 Å². The van der Waals surface area contributed by atoms with Gasteiger partial charge in [0.2, 0.25) is 5.91 Å². The molecule has 0 radical (unpaired) electrons. The summed E-state index contributed by atoms with van der Waals surface area (Å²) in [5, 5.41) is 9.47. The predicted molar refractivity (Wildman–Crippen MR) is 108 cm³/mol. The minimum absolute atomic E-state index is 0.190. The van der Waals surface area contributed by atoms with Crippen molar-refractivity contribution >= 4 is 17.7 Å². The molecular weight excluding hydrogens is 360 g/mol. The monoisotopic (exact) mass is 388 g/mol. The molecule has 6 nitrogen and oxygen atoms in total. The van der Waals surface area contributed by atoms with Crippen LogP contribution in [0.3, 0.4) is 0 Å². The SMILES string of the molecule is CCn1c(SCC(=O)N2C[C@H](C)C[C@H](C)C2)nnc1-c1ccc(OC)cc1. The summed E-state index contributed by atoms with van der Waals surface area (Å²) in [6, 6.07) is 7.79. The maximum absolute atomic E-state index is 12.6. The van der Waals surface area contributed by atoms with E-state index in [1.165, 1.54) is 18.2 Å². The highest BCUT2D eigenvalue weighted by atomic mass is 32.2. The highest BCUT2D eigenvalue weighted by Gasteiger charge is 2.25. The molecule has 1 saturated heterocycles. The molecule has 2 heterocycles. The van der Waals surface area contributed by atoms with E-state index >= 15 is 0 Å². The quantitative estimate of drug-likeness (QED) is 0.708. The first-order valence-corrected chi connectivity index (χ1v) is 10.5. The van der Waals surface area contributed by atoms with Crippen molar-refractivity contribution in [2.75, 3.05) is 26.0 Å². The number of piperidine rings is 1. The zero-order valence-electron chi connectivity index (χ0n) is 16.5. The summed E-state index contributed by atoms with van der Waals surface area (Å²) in [6.07, 6.45) is 1.20. The van der Waals surface area contributed by atoms with Gasteiger partial charge in [0.25, 0.3) is 0 Å². The number of hydrogen-bond acceptors (Lipinski definition) is 5. The van der Waals surface area contributed by atoms with E-state index in [2.05, 4.69) is 35.5 Å². The number of benzene rings is 1. The van der Waals surface area contributed by atoms with Crippen LogP contribution in [0.25, 0.3) is 11.4 Å². The van der Waals surface area contributed by atoms with E-state index in [4.69, 9.17) is 4.74 Å². The molecule has 1 amide bonds. The fourth-order valence-electron chi connectivity index (χ4n) is 3.72. The maximum Gasteiger partial charge on any atom is 0.233 e. The summed E-state index contributed by atoms with van der Waals surface area (Å²) >= 11 is 1.47. The number of hydrogen-bond donors (Lipinski definition) is 0. The Morgan fingerprint density at radius 3 is 2.44 bits per heavy atom. The zero-order valence-corrected chi connectivity index (χ0v) is 17.3. The van der Waals surface area contributed by atoms with Crippen LogP contribution in [0.5, 0.6) is 5.75 Å². The number of carbonyl (C=O) groups excluding carboxylic acids is 1. The van der Waals surface area contributed by atoms with E-state index in [0.717, 1.165) is 41.9 Å². The van der Waals surface area contributed by atoms with Crippen molar-refractivity contribution in [3.63, 3.8) is 0 Å². The van der Waals surface area contributed by atoms with Gasteiger partial charge in [-0.2, -0.15) is 0 Å². The molecule has 1 aliphatic rings. The Labute approximate surface area is 165 Å². The number of carbonyl (C=O) groups is 1. The third kappa shape index (κ3) is 4.64. The Hall–Kier alpha value is -2.02. The Bertz CT molecular complexity index is 765. The first kappa shape index (κ1) is 19.7. The van der Waals surface area contributed by atoms with Crippen LogP contribution < -0.4 is 4.74 Å². The second kappa shape index (κ2) is 8.78. The number of nitrogens with zero attached hydrogens (tertiary/aromatic N) is 4. The molecule has 7 heteroatoms. The van der Waals surface area contributed by atoms with Crippen molar-refractivity contribution in [3.05, 3.63) is 24.3 Å². The van der Waals surface area contributed by atoms with Crippen molar-refractivity contribution < 1.29 is 9.53 Å². The van der Waals surface area contributed by atoms with Crippen molar-refractivity contribution in [2.24, 2.45) is 11.8 Å². The molecule has 1 aromatic carbocycles. The van der Waals surface area contributed by atoms with Gasteiger partial charge in [-0.1, -0.05) is 25.6 Å². The van der Waals surface area contributed by atoms with E-state index in [9.17, 15) is 4.79 Å². The van der Waals surface area contributed by atoms with Gasteiger partial charge in [-0.15, -0.1) is 10.2 Å². The number of ether oxygens (including phenoxy) is 1. The van der Waals surface area contributed by atoms with E-state index in [1.807, 2.05) is 29.2 Å². The van der Waals surface area contributed by atoms with Gasteiger partial charge >= 0.3 is 0 Å². The molecule has 1 aliphatic heterocycles. The lowest BCUT2D eigenvalue weighted by atomic mass is 9.92. The fourth-order valence-corrected chi connectivity index (χ4v) is 4.62. The summed E-state index contributed by atoms with van der Waals surface area (Å²) in [4.78, 5) is 14.6. The maximum atomic E-state index is 12.6. The smallest absolute Gasteiger partial charge is 0.233 e.